The summed E-state index contributed by atoms with van der Waals surface area (Å²) >= 11 is 9.80. The van der Waals surface area contributed by atoms with Crippen LogP contribution in [-0.2, 0) is 32.6 Å². The van der Waals surface area contributed by atoms with E-state index in [-0.39, 0.29) is 35.5 Å². The standard InChI is InChI=1S/C37H39BrClN3O4S/c1-27-15-21-34(22-16-27)47(45,46)42(33-14-8-11-31(39)24-33)26-36(43)41(25-29-17-19-30(38)20-18-29)35(23-28-9-4-2-5-10-28)37(44)40-32-12-6-3-7-13-32/h2,4-5,8-11,14-22,24,32,35H,3,6-7,12-13,23,25-26H2,1H3,(H,40,44)/t35-/m1/s1. The van der Waals surface area contributed by atoms with Gasteiger partial charge in [0.1, 0.15) is 12.6 Å². The van der Waals surface area contributed by atoms with Crippen LogP contribution in [0.2, 0.25) is 5.02 Å². The van der Waals surface area contributed by atoms with Gasteiger partial charge in [-0.3, -0.25) is 13.9 Å². The molecule has 1 aliphatic rings. The minimum atomic E-state index is -4.20. The first-order valence-corrected chi connectivity index (χ1v) is 18.4. The number of nitrogens with zero attached hydrogens (tertiary/aromatic N) is 2. The third-order valence-corrected chi connectivity index (χ3v) is 11.0. The maximum absolute atomic E-state index is 14.6. The Kier molecular flexibility index (Phi) is 11.8. The Balaban J connectivity index is 1.56. The highest BCUT2D eigenvalue weighted by Crippen LogP contribution is 2.28. The van der Waals surface area contributed by atoms with Crippen LogP contribution in [0.1, 0.15) is 48.8 Å². The molecule has 1 aliphatic carbocycles. The molecule has 1 N–H and O–H groups in total. The molecule has 10 heteroatoms. The molecular formula is C37H39BrClN3O4S. The number of sulfonamides is 1. The molecule has 0 radical (unpaired) electrons. The molecule has 0 heterocycles. The van der Waals surface area contributed by atoms with E-state index in [9.17, 15) is 18.0 Å². The van der Waals surface area contributed by atoms with Crippen molar-refractivity contribution < 1.29 is 18.0 Å². The van der Waals surface area contributed by atoms with Gasteiger partial charge < -0.3 is 10.2 Å². The van der Waals surface area contributed by atoms with Crippen LogP contribution in [-0.4, -0.2) is 43.8 Å². The normalized spacial score (nSPS) is 14.3. The molecule has 246 valence electrons. The van der Waals surface area contributed by atoms with Gasteiger partial charge in [0.15, 0.2) is 0 Å². The van der Waals surface area contributed by atoms with Gasteiger partial charge in [0.05, 0.1) is 10.6 Å². The highest BCUT2D eigenvalue weighted by molar-refractivity contribution is 9.10. The molecule has 1 atom stereocenters. The van der Waals surface area contributed by atoms with E-state index in [2.05, 4.69) is 21.2 Å². The van der Waals surface area contributed by atoms with Crippen molar-refractivity contribution in [2.75, 3.05) is 10.8 Å². The van der Waals surface area contributed by atoms with Crippen LogP contribution >= 0.6 is 27.5 Å². The molecule has 47 heavy (non-hydrogen) atoms. The topological polar surface area (TPSA) is 86.8 Å². The largest absolute Gasteiger partial charge is 0.352 e. The number of hydrogen-bond donors (Lipinski definition) is 1. The van der Waals surface area contributed by atoms with Crippen molar-refractivity contribution in [3.05, 3.63) is 129 Å². The first-order valence-electron chi connectivity index (χ1n) is 15.8. The number of anilines is 1. The maximum Gasteiger partial charge on any atom is 0.264 e. The zero-order chi connectivity index (χ0) is 33.4. The number of benzene rings is 4. The summed E-state index contributed by atoms with van der Waals surface area (Å²) in [5, 5.41) is 3.57. The molecule has 0 bridgehead atoms. The Labute approximate surface area is 291 Å². The minimum Gasteiger partial charge on any atom is -0.352 e. The number of carbonyl (C=O) groups is 2. The molecule has 5 rings (SSSR count). The van der Waals surface area contributed by atoms with E-state index >= 15 is 0 Å². The number of aryl methyl sites for hydroxylation is 1. The maximum atomic E-state index is 14.6. The number of halogens is 2. The number of rotatable bonds is 12. The van der Waals surface area contributed by atoms with Gasteiger partial charge in [0, 0.05) is 28.5 Å². The predicted molar refractivity (Wildman–Crippen MR) is 191 cm³/mol. The summed E-state index contributed by atoms with van der Waals surface area (Å²) in [6, 6.07) is 29.2. The molecule has 0 aliphatic heterocycles. The first-order chi connectivity index (χ1) is 22.6. The van der Waals surface area contributed by atoms with Crippen LogP contribution < -0.4 is 9.62 Å². The van der Waals surface area contributed by atoms with E-state index in [1.165, 1.54) is 23.1 Å². The van der Waals surface area contributed by atoms with Crippen LogP contribution in [0, 0.1) is 6.92 Å². The van der Waals surface area contributed by atoms with E-state index in [1.807, 2.05) is 61.5 Å². The fraction of sp³-hybridized carbons (Fsp3) is 0.297. The van der Waals surface area contributed by atoms with Crippen molar-refractivity contribution in [1.82, 2.24) is 10.2 Å². The summed E-state index contributed by atoms with van der Waals surface area (Å²) in [6.45, 7) is 1.45. The van der Waals surface area contributed by atoms with Gasteiger partial charge in [0.25, 0.3) is 10.0 Å². The van der Waals surface area contributed by atoms with Crippen molar-refractivity contribution in [1.29, 1.82) is 0 Å². The van der Waals surface area contributed by atoms with E-state index < -0.39 is 28.5 Å². The summed E-state index contributed by atoms with van der Waals surface area (Å²) in [5.74, 6) is -0.759. The van der Waals surface area contributed by atoms with Gasteiger partial charge >= 0.3 is 0 Å². The zero-order valence-corrected chi connectivity index (χ0v) is 29.5. The van der Waals surface area contributed by atoms with Crippen LogP contribution in [0.25, 0.3) is 0 Å². The average Bonchev–Trinajstić information content (AvgIpc) is 3.07. The highest BCUT2D eigenvalue weighted by atomic mass is 79.9. The van der Waals surface area contributed by atoms with Gasteiger partial charge in [-0.25, -0.2) is 8.42 Å². The molecule has 0 unspecified atom stereocenters. The predicted octanol–water partition coefficient (Wildman–Crippen LogP) is 7.70. The Morgan fingerprint density at radius 3 is 2.21 bits per heavy atom. The second-order valence-electron chi connectivity index (χ2n) is 12.0. The summed E-state index contributed by atoms with van der Waals surface area (Å²) in [7, 11) is -4.20. The highest BCUT2D eigenvalue weighted by Gasteiger charge is 2.35. The third kappa shape index (κ3) is 9.24. The van der Waals surface area contributed by atoms with Crippen LogP contribution in [0.15, 0.2) is 112 Å². The van der Waals surface area contributed by atoms with E-state index in [1.54, 1.807) is 30.3 Å². The Bertz CT molecular complexity index is 1760. The molecule has 0 saturated heterocycles. The summed E-state index contributed by atoms with van der Waals surface area (Å²) in [4.78, 5) is 30.4. The smallest absolute Gasteiger partial charge is 0.264 e. The van der Waals surface area contributed by atoms with Crippen molar-refractivity contribution >= 4 is 55.1 Å². The third-order valence-electron chi connectivity index (χ3n) is 8.47. The van der Waals surface area contributed by atoms with Crippen LogP contribution in [0.5, 0.6) is 0 Å². The molecule has 4 aromatic carbocycles. The van der Waals surface area contributed by atoms with Crippen molar-refractivity contribution in [2.24, 2.45) is 0 Å². The van der Waals surface area contributed by atoms with Crippen LogP contribution in [0.3, 0.4) is 0 Å². The molecule has 0 aromatic heterocycles. The van der Waals surface area contributed by atoms with Crippen LogP contribution in [0.4, 0.5) is 5.69 Å². The number of amides is 2. The lowest BCUT2D eigenvalue weighted by Crippen LogP contribution is -2.55. The minimum absolute atomic E-state index is 0.0315. The van der Waals surface area contributed by atoms with E-state index in [0.717, 1.165) is 57.6 Å². The van der Waals surface area contributed by atoms with Gasteiger partial charge in [-0.05, 0) is 73.4 Å². The van der Waals surface area contributed by atoms with E-state index in [0.29, 0.717) is 5.02 Å². The first kappa shape index (κ1) is 34.7. The SMILES string of the molecule is Cc1ccc(S(=O)(=O)N(CC(=O)N(Cc2ccc(Br)cc2)[C@H](Cc2ccccc2)C(=O)NC2CCCCC2)c2cccc(Cl)c2)cc1. The number of nitrogens with one attached hydrogen (secondary N) is 1. The Hall–Kier alpha value is -3.66. The zero-order valence-electron chi connectivity index (χ0n) is 26.3. The summed E-state index contributed by atoms with van der Waals surface area (Å²) < 4.78 is 30.4. The monoisotopic (exact) mass is 735 g/mol. The second kappa shape index (κ2) is 16.0. The van der Waals surface area contributed by atoms with E-state index in [4.69, 9.17) is 11.6 Å². The van der Waals surface area contributed by atoms with Crippen molar-refractivity contribution in [3.8, 4) is 0 Å². The molecule has 2 amide bonds. The van der Waals surface area contributed by atoms with Gasteiger partial charge in [-0.15, -0.1) is 0 Å². The fourth-order valence-electron chi connectivity index (χ4n) is 5.88. The summed E-state index contributed by atoms with van der Waals surface area (Å²) in [6.07, 6.45) is 5.28. The lowest BCUT2D eigenvalue weighted by molar-refractivity contribution is -0.140. The molecule has 1 saturated carbocycles. The number of carbonyl (C=O) groups excluding carboxylic acids is 2. The second-order valence-corrected chi connectivity index (χ2v) is 15.2. The Morgan fingerprint density at radius 1 is 0.872 bits per heavy atom. The molecule has 7 nitrogen and oxygen atoms in total. The molecule has 1 fully saturated rings. The Morgan fingerprint density at radius 2 is 1.55 bits per heavy atom. The lowest BCUT2D eigenvalue weighted by atomic mass is 9.94. The lowest BCUT2D eigenvalue weighted by Gasteiger charge is -2.35. The molecule has 0 spiro atoms. The molecular weight excluding hydrogens is 698 g/mol. The van der Waals surface area contributed by atoms with Gasteiger partial charge in [-0.2, -0.15) is 0 Å². The fourth-order valence-corrected chi connectivity index (χ4v) is 7.74. The van der Waals surface area contributed by atoms with Crippen molar-refractivity contribution in [2.45, 2.75) is 69.0 Å². The van der Waals surface area contributed by atoms with Gasteiger partial charge in [-0.1, -0.05) is 113 Å². The summed E-state index contributed by atoms with van der Waals surface area (Å²) in [5.41, 5.74) is 2.86. The van der Waals surface area contributed by atoms with Gasteiger partial charge in [0.2, 0.25) is 11.8 Å². The van der Waals surface area contributed by atoms with Crippen molar-refractivity contribution in [3.63, 3.8) is 0 Å². The quantitative estimate of drug-likeness (QED) is 0.162. The molecule has 4 aromatic rings. The number of hydrogen-bond acceptors (Lipinski definition) is 4. The average molecular weight is 737 g/mol.